The summed E-state index contributed by atoms with van der Waals surface area (Å²) >= 11 is 0. The quantitative estimate of drug-likeness (QED) is 0.317. The van der Waals surface area contributed by atoms with Crippen LogP contribution < -0.4 is 0 Å². The Labute approximate surface area is 194 Å². The van der Waals surface area contributed by atoms with Crippen LogP contribution in [0.5, 0.6) is 0 Å². The second-order valence-corrected chi connectivity index (χ2v) is 10.1. The van der Waals surface area contributed by atoms with Gasteiger partial charge in [-0.1, -0.05) is 62.6 Å². The van der Waals surface area contributed by atoms with Gasteiger partial charge >= 0.3 is 5.97 Å². The Morgan fingerprint density at radius 2 is 1.91 bits per heavy atom. The standard InChI is InChI=1S/C27H42O5/c1-7-8-9-16-23-24(31-27(5,6)30-23)19-18-20-13-10-11-14-21(20)22(28)15-12-17-25(29)32-26(2,3)4/h10-11,13-14,18-19,22-24,28H,7-9,12,15-17H2,1-6H3/b19-18+/t22-,23-,24+/m0/s1. The Morgan fingerprint density at radius 1 is 1.19 bits per heavy atom. The third-order valence-electron chi connectivity index (χ3n) is 5.41. The van der Waals surface area contributed by atoms with Crippen molar-refractivity contribution in [2.75, 3.05) is 0 Å². The molecule has 180 valence electrons. The number of ether oxygens (including phenoxy) is 3. The smallest absolute Gasteiger partial charge is 0.306 e. The fourth-order valence-electron chi connectivity index (χ4n) is 4.00. The number of carbonyl (C=O) groups excluding carboxylic acids is 1. The van der Waals surface area contributed by atoms with E-state index in [0.29, 0.717) is 19.3 Å². The molecule has 5 heteroatoms. The highest BCUT2D eigenvalue weighted by molar-refractivity contribution is 5.69. The third-order valence-corrected chi connectivity index (χ3v) is 5.41. The molecule has 2 rings (SSSR count). The van der Waals surface area contributed by atoms with E-state index in [1.54, 1.807) is 0 Å². The van der Waals surface area contributed by atoms with Gasteiger partial charge in [-0.25, -0.2) is 0 Å². The molecular weight excluding hydrogens is 404 g/mol. The van der Waals surface area contributed by atoms with Gasteiger partial charge in [-0.15, -0.1) is 0 Å². The van der Waals surface area contributed by atoms with Crippen molar-refractivity contribution in [3.05, 3.63) is 41.5 Å². The molecule has 1 fully saturated rings. The zero-order chi connectivity index (χ0) is 23.8. The maximum absolute atomic E-state index is 11.9. The van der Waals surface area contributed by atoms with Gasteiger partial charge in [0.1, 0.15) is 11.7 Å². The summed E-state index contributed by atoms with van der Waals surface area (Å²) in [4.78, 5) is 11.9. The number of hydrogen-bond donors (Lipinski definition) is 1. The van der Waals surface area contributed by atoms with Gasteiger partial charge in [0.05, 0.1) is 12.2 Å². The van der Waals surface area contributed by atoms with E-state index in [4.69, 9.17) is 14.2 Å². The highest BCUT2D eigenvalue weighted by Gasteiger charge is 2.39. The van der Waals surface area contributed by atoms with Gasteiger partial charge < -0.3 is 19.3 Å². The maximum atomic E-state index is 11.9. The lowest BCUT2D eigenvalue weighted by Crippen LogP contribution is -2.23. The summed E-state index contributed by atoms with van der Waals surface area (Å²) in [5, 5.41) is 10.8. The van der Waals surface area contributed by atoms with E-state index in [-0.39, 0.29) is 18.2 Å². The predicted octanol–water partition coefficient (Wildman–Crippen LogP) is 6.35. The molecule has 0 unspecified atom stereocenters. The first kappa shape index (κ1) is 26.6. The van der Waals surface area contributed by atoms with E-state index in [0.717, 1.165) is 24.0 Å². The molecule has 0 spiro atoms. The first-order chi connectivity index (χ1) is 15.0. The molecule has 0 aliphatic carbocycles. The van der Waals surface area contributed by atoms with Gasteiger partial charge in [0.2, 0.25) is 0 Å². The normalized spacial score (nSPS) is 21.7. The summed E-state index contributed by atoms with van der Waals surface area (Å²) in [6, 6.07) is 7.82. The van der Waals surface area contributed by atoms with Gasteiger partial charge in [-0.2, -0.15) is 0 Å². The molecule has 0 amide bonds. The van der Waals surface area contributed by atoms with Crippen LogP contribution in [0.25, 0.3) is 6.08 Å². The Balaban J connectivity index is 1.99. The molecule has 1 aliphatic heterocycles. The number of aliphatic hydroxyl groups is 1. The molecule has 1 heterocycles. The molecule has 0 bridgehead atoms. The van der Waals surface area contributed by atoms with E-state index in [2.05, 4.69) is 13.0 Å². The van der Waals surface area contributed by atoms with Crippen LogP contribution in [0.4, 0.5) is 0 Å². The molecule has 5 nitrogen and oxygen atoms in total. The van der Waals surface area contributed by atoms with Gasteiger partial charge in [-0.05, 0) is 65.0 Å². The molecule has 0 radical (unpaired) electrons. The van der Waals surface area contributed by atoms with Crippen molar-refractivity contribution in [3.8, 4) is 0 Å². The van der Waals surface area contributed by atoms with Gasteiger partial charge in [0.25, 0.3) is 0 Å². The van der Waals surface area contributed by atoms with E-state index in [1.165, 1.54) is 12.8 Å². The first-order valence-electron chi connectivity index (χ1n) is 12.0. The molecule has 0 saturated carbocycles. The Hall–Kier alpha value is -1.69. The summed E-state index contributed by atoms with van der Waals surface area (Å²) in [7, 11) is 0. The number of aliphatic hydroxyl groups excluding tert-OH is 1. The van der Waals surface area contributed by atoms with E-state index < -0.39 is 17.5 Å². The van der Waals surface area contributed by atoms with Crippen LogP contribution in [0.2, 0.25) is 0 Å². The van der Waals surface area contributed by atoms with Crippen molar-refractivity contribution in [2.45, 2.75) is 116 Å². The van der Waals surface area contributed by atoms with Crippen LogP contribution >= 0.6 is 0 Å². The topological polar surface area (TPSA) is 65.0 Å². The zero-order valence-electron chi connectivity index (χ0n) is 20.7. The highest BCUT2D eigenvalue weighted by atomic mass is 16.7. The zero-order valence-corrected chi connectivity index (χ0v) is 20.7. The molecular formula is C27H42O5. The SMILES string of the molecule is CCCCC[C@@H]1OC(C)(C)O[C@@H]1/C=C/c1ccccc1[C@@H](O)CCCC(=O)OC(C)(C)C. The number of carbonyl (C=O) groups is 1. The van der Waals surface area contributed by atoms with Crippen LogP contribution in [0.1, 0.15) is 104 Å². The lowest BCUT2D eigenvalue weighted by atomic mass is 9.97. The molecule has 1 aromatic carbocycles. The van der Waals surface area contributed by atoms with Crippen LogP contribution in [-0.4, -0.2) is 34.7 Å². The number of benzene rings is 1. The monoisotopic (exact) mass is 446 g/mol. The second-order valence-electron chi connectivity index (χ2n) is 10.1. The van der Waals surface area contributed by atoms with Crippen LogP contribution in [-0.2, 0) is 19.0 Å². The molecule has 0 aromatic heterocycles. The summed E-state index contributed by atoms with van der Waals surface area (Å²) in [6.07, 6.45) is 9.20. The van der Waals surface area contributed by atoms with Crippen molar-refractivity contribution in [3.63, 3.8) is 0 Å². The van der Waals surface area contributed by atoms with Crippen molar-refractivity contribution in [1.29, 1.82) is 0 Å². The minimum absolute atomic E-state index is 0.0405. The average molecular weight is 447 g/mol. The van der Waals surface area contributed by atoms with Crippen molar-refractivity contribution in [2.24, 2.45) is 0 Å². The Bertz CT molecular complexity index is 747. The molecule has 3 atom stereocenters. The Kier molecular flexibility index (Phi) is 9.93. The summed E-state index contributed by atoms with van der Waals surface area (Å²) in [5.74, 6) is -0.819. The highest BCUT2D eigenvalue weighted by Crippen LogP contribution is 2.33. The maximum Gasteiger partial charge on any atom is 0.306 e. The van der Waals surface area contributed by atoms with Crippen molar-refractivity contribution >= 4 is 12.0 Å². The van der Waals surface area contributed by atoms with Crippen molar-refractivity contribution < 1.29 is 24.1 Å². The Morgan fingerprint density at radius 3 is 2.59 bits per heavy atom. The minimum atomic E-state index is -0.643. The van der Waals surface area contributed by atoms with Gasteiger partial charge in [0.15, 0.2) is 5.79 Å². The summed E-state index contributed by atoms with van der Waals surface area (Å²) < 4.78 is 17.6. The number of rotatable bonds is 11. The average Bonchev–Trinajstić information content (AvgIpc) is 2.99. The first-order valence-corrected chi connectivity index (χ1v) is 12.0. The summed E-state index contributed by atoms with van der Waals surface area (Å²) in [5.41, 5.74) is 1.33. The van der Waals surface area contributed by atoms with Crippen LogP contribution in [0, 0.1) is 0 Å². The molecule has 1 saturated heterocycles. The molecule has 1 aliphatic rings. The lowest BCUT2D eigenvalue weighted by molar-refractivity contribution is -0.155. The third kappa shape index (κ3) is 9.05. The van der Waals surface area contributed by atoms with E-state index >= 15 is 0 Å². The fraction of sp³-hybridized carbons (Fsp3) is 0.667. The van der Waals surface area contributed by atoms with E-state index in [9.17, 15) is 9.90 Å². The van der Waals surface area contributed by atoms with Crippen LogP contribution in [0.3, 0.4) is 0 Å². The minimum Gasteiger partial charge on any atom is -0.460 e. The number of esters is 1. The molecule has 1 aromatic rings. The molecule has 1 N–H and O–H groups in total. The predicted molar refractivity (Wildman–Crippen MR) is 128 cm³/mol. The number of unbranched alkanes of at least 4 members (excludes halogenated alkanes) is 2. The van der Waals surface area contributed by atoms with Crippen molar-refractivity contribution in [1.82, 2.24) is 0 Å². The van der Waals surface area contributed by atoms with Gasteiger partial charge in [-0.3, -0.25) is 4.79 Å². The largest absolute Gasteiger partial charge is 0.460 e. The second kappa shape index (κ2) is 12.0. The molecule has 32 heavy (non-hydrogen) atoms. The summed E-state index contributed by atoms with van der Waals surface area (Å²) in [6.45, 7) is 11.7. The van der Waals surface area contributed by atoms with Gasteiger partial charge in [0, 0.05) is 6.42 Å². The number of hydrogen-bond acceptors (Lipinski definition) is 5. The van der Waals surface area contributed by atoms with Crippen LogP contribution in [0.15, 0.2) is 30.3 Å². The van der Waals surface area contributed by atoms with E-state index in [1.807, 2.05) is 65.0 Å². The lowest BCUT2D eigenvalue weighted by Gasteiger charge is -2.20. The fourth-order valence-corrected chi connectivity index (χ4v) is 4.00.